The molecule has 1 heterocycles. The summed E-state index contributed by atoms with van der Waals surface area (Å²) in [6.45, 7) is 0.211. The number of ether oxygens (including phenoxy) is 4. The van der Waals surface area contributed by atoms with E-state index in [0.717, 1.165) is 16.5 Å². The van der Waals surface area contributed by atoms with Crippen LogP contribution in [0.5, 0.6) is 23.0 Å². The van der Waals surface area contributed by atoms with Crippen LogP contribution in [0.2, 0.25) is 0 Å². The largest absolute Gasteiger partial charge is 0.497 e. The zero-order valence-electron chi connectivity index (χ0n) is 17.6. The molecule has 0 N–H and O–H groups in total. The van der Waals surface area contributed by atoms with Gasteiger partial charge in [0, 0.05) is 19.0 Å². The summed E-state index contributed by atoms with van der Waals surface area (Å²) in [6.07, 6.45) is 0.0700. The summed E-state index contributed by atoms with van der Waals surface area (Å²) in [5.41, 5.74) is 0.569. The monoisotopic (exact) mass is 421 g/mol. The summed E-state index contributed by atoms with van der Waals surface area (Å²) >= 11 is 0. The first-order valence-electron chi connectivity index (χ1n) is 9.84. The number of carbonyl (C=O) groups excluding carboxylic acids is 2. The maximum atomic E-state index is 12.8. The molecule has 1 amide bonds. The molecule has 7 heteroatoms. The smallest absolute Gasteiger partial charge is 0.316 e. The molecule has 0 radical (unpaired) electrons. The highest BCUT2D eigenvalue weighted by molar-refractivity contribution is 6.01. The molecule has 0 bridgehead atoms. The Balaban J connectivity index is 1.52. The third-order valence-electron chi connectivity index (χ3n) is 5.37. The second kappa shape index (κ2) is 8.55. The molecule has 1 unspecified atom stereocenters. The van der Waals surface area contributed by atoms with Crippen molar-refractivity contribution >= 4 is 28.3 Å². The maximum absolute atomic E-state index is 12.8. The van der Waals surface area contributed by atoms with Crippen LogP contribution in [0.1, 0.15) is 6.42 Å². The number of rotatable bonds is 6. The number of fused-ring (bicyclic) bond motifs is 1. The topological polar surface area (TPSA) is 74.3 Å². The fourth-order valence-corrected chi connectivity index (χ4v) is 3.70. The van der Waals surface area contributed by atoms with Crippen LogP contribution in [0.15, 0.2) is 54.6 Å². The van der Waals surface area contributed by atoms with Gasteiger partial charge in [0.2, 0.25) is 5.91 Å². The van der Waals surface area contributed by atoms with Gasteiger partial charge in [0.1, 0.15) is 23.0 Å². The van der Waals surface area contributed by atoms with E-state index in [1.165, 1.54) is 7.11 Å². The molecule has 0 aromatic heterocycles. The number of hydrogen-bond acceptors (Lipinski definition) is 6. The van der Waals surface area contributed by atoms with Crippen LogP contribution in [0, 0.1) is 5.92 Å². The normalized spacial score (nSPS) is 15.8. The van der Waals surface area contributed by atoms with Crippen molar-refractivity contribution < 1.29 is 28.5 Å². The summed E-state index contributed by atoms with van der Waals surface area (Å²) in [5, 5.41) is 1.91. The van der Waals surface area contributed by atoms with Crippen LogP contribution in [-0.4, -0.2) is 39.8 Å². The van der Waals surface area contributed by atoms with E-state index in [9.17, 15) is 9.59 Å². The van der Waals surface area contributed by atoms with Crippen LogP contribution in [-0.2, 0) is 9.59 Å². The van der Waals surface area contributed by atoms with Crippen LogP contribution >= 0.6 is 0 Å². The van der Waals surface area contributed by atoms with Crippen molar-refractivity contribution in [3.63, 3.8) is 0 Å². The molecule has 1 aliphatic heterocycles. The van der Waals surface area contributed by atoms with E-state index in [2.05, 4.69) is 0 Å². The van der Waals surface area contributed by atoms with Gasteiger partial charge in [0.25, 0.3) is 0 Å². The molecule has 0 spiro atoms. The number of anilines is 1. The number of benzene rings is 3. The van der Waals surface area contributed by atoms with Crippen molar-refractivity contribution in [3.05, 3.63) is 54.6 Å². The van der Waals surface area contributed by atoms with Gasteiger partial charge in [-0.3, -0.25) is 9.59 Å². The fourth-order valence-electron chi connectivity index (χ4n) is 3.70. The van der Waals surface area contributed by atoms with Gasteiger partial charge in [-0.15, -0.1) is 0 Å². The maximum Gasteiger partial charge on any atom is 0.316 e. The predicted molar refractivity (Wildman–Crippen MR) is 116 cm³/mol. The Morgan fingerprint density at radius 3 is 2.19 bits per heavy atom. The van der Waals surface area contributed by atoms with Crippen molar-refractivity contribution in [3.8, 4) is 23.0 Å². The molecule has 31 heavy (non-hydrogen) atoms. The Bertz CT molecular complexity index is 1140. The molecule has 0 saturated carbocycles. The average molecular weight is 421 g/mol. The molecule has 1 saturated heterocycles. The molecule has 1 fully saturated rings. The molecule has 0 aliphatic carbocycles. The molecule has 3 aromatic rings. The highest BCUT2D eigenvalue weighted by atomic mass is 16.5. The number of methoxy groups -OCH3 is 3. The Hall–Kier alpha value is -3.74. The lowest BCUT2D eigenvalue weighted by atomic mass is 10.1. The summed E-state index contributed by atoms with van der Waals surface area (Å²) in [6, 6.07) is 16.3. The first-order chi connectivity index (χ1) is 15.0. The zero-order chi connectivity index (χ0) is 22.0. The van der Waals surface area contributed by atoms with Gasteiger partial charge < -0.3 is 23.8 Å². The standard InChI is InChI=1S/C24H23NO6/c1-28-18-6-4-15-5-7-20(11-16(15)10-18)31-24(27)17-12-23(26)25(14-17)21-13-19(29-2)8-9-22(21)30-3/h4-11,13,17H,12,14H2,1-3H3. The minimum Gasteiger partial charge on any atom is -0.497 e. The molecular weight excluding hydrogens is 398 g/mol. The molecule has 160 valence electrons. The fraction of sp³-hybridized carbons (Fsp3) is 0.250. The summed E-state index contributed by atoms with van der Waals surface area (Å²) in [7, 11) is 4.69. The predicted octanol–water partition coefficient (Wildman–Crippen LogP) is 3.82. The van der Waals surface area contributed by atoms with E-state index >= 15 is 0 Å². The molecule has 1 aliphatic rings. The highest BCUT2D eigenvalue weighted by Gasteiger charge is 2.37. The Morgan fingerprint density at radius 1 is 0.839 bits per heavy atom. The van der Waals surface area contributed by atoms with Crippen molar-refractivity contribution in [2.24, 2.45) is 5.92 Å². The molecule has 1 atom stereocenters. The number of amides is 1. The van der Waals surface area contributed by atoms with Crippen LogP contribution in [0.3, 0.4) is 0 Å². The van der Waals surface area contributed by atoms with Gasteiger partial charge in [0.05, 0.1) is 32.9 Å². The Morgan fingerprint density at radius 2 is 1.48 bits per heavy atom. The molecule has 3 aromatic carbocycles. The van der Waals surface area contributed by atoms with E-state index in [1.807, 2.05) is 24.3 Å². The van der Waals surface area contributed by atoms with Crippen LogP contribution < -0.4 is 23.8 Å². The van der Waals surface area contributed by atoms with Crippen LogP contribution in [0.4, 0.5) is 5.69 Å². The lowest BCUT2D eigenvalue weighted by Gasteiger charge is -2.20. The minimum absolute atomic E-state index is 0.0700. The lowest BCUT2D eigenvalue weighted by Crippen LogP contribution is -2.27. The van der Waals surface area contributed by atoms with E-state index < -0.39 is 11.9 Å². The first-order valence-corrected chi connectivity index (χ1v) is 9.84. The van der Waals surface area contributed by atoms with Crippen molar-refractivity contribution in [1.82, 2.24) is 0 Å². The second-order valence-corrected chi connectivity index (χ2v) is 7.24. The third kappa shape index (κ3) is 4.12. The van der Waals surface area contributed by atoms with E-state index in [1.54, 1.807) is 49.5 Å². The number of carbonyl (C=O) groups is 2. The molecule has 7 nitrogen and oxygen atoms in total. The lowest BCUT2D eigenvalue weighted by molar-refractivity contribution is -0.139. The average Bonchev–Trinajstić information content (AvgIpc) is 3.19. The minimum atomic E-state index is -0.579. The van der Waals surface area contributed by atoms with Crippen molar-refractivity contribution in [2.45, 2.75) is 6.42 Å². The Kier molecular flexibility index (Phi) is 5.66. The zero-order valence-corrected chi connectivity index (χ0v) is 17.6. The first kappa shape index (κ1) is 20.5. The van der Waals surface area contributed by atoms with Gasteiger partial charge >= 0.3 is 5.97 Å². The molecular formula is C24H23NO6. The highest BCUT2D eigenvalue weighted by Crippen LogP contribution is 2.36. The van der Waals surface area contributed by atoms with E-state index in [4.69, 9.17) is 18.9 Å². The number of nitrogens with zero attached hydrogens (tertiary/aromatic N) is 1. The number of hydrogen-bond donors (Lipinski definition) is 0. The third-order valence-corrected chi connectivity index (χ3v) is 5.37. The van der Waals surface area contributed by atoms with E-state index in [-0.39, 0.29) is 18.9 Å². The van der Waals surface area contributed by atoms with Crippen molar-refractivity contribution in [1.29, 1.82) is 0 Å². The van der Waals surface area contributed by atoms with Gasteiger partial charge in [0.15, 0.2) is 0 Å². The second-order valence-electron chi connectivity index (χ2n) is 7.24. The van der Waals surface area contributed by atoms with Crippen LogP contribution in [0.25, 0.3) is 10.8 Å². The van der Waals surface area contributed by atoms with E-state index in [0.29, 0.717) is 22.9 Å². The number of esters is 1. The Labute approximate surface area is 180 Å². The summed E-state index contributed by atoms with van der Waals surface area (Å²) < 4.78 is 21.5. The SMILES string of the molecule is COc1ccc(OC)c(N2CC(C(=O)Oc3ccc4ccc(OC)cc4c3)CC2=O)c1. The van der Waals surface area contributed by atoms with Crippen molar-refractivity contribution in [2.75, 3.05) is 32.8 Å². The van der Waals surface area contributed by atoms with Gasteiger partial charge in [-0.1, -0.05) is 12.1 Å². The van der Waals surface area contributed by atoms with Gasteiger partial charge in [-0.05, 0) is 47.2 Å². The quantitative estimate of drug-likeness (QED) is 0.445. The van der Waals surface area contributed by atoms with Gasteiger partial charge in [-0.25, -0.2) is 0 Å². The summed E-state index contributed by atoms with van der Waals surface area (Å²) in [4.78, 5) is 27.0. The molecule has 4 rings (SSSR count). The summed E-state index contributed by atoms with van der Waals surface area (Å²) in [5.74, 6) is 1.09. The van der Waals surface area contributed by atoms with Gasteiger partial charge in [-0.2, -0.15) is 0 Å².